The van der Waals surface area contributed by atoms with Crippen LogP contribution in [0.5, 0.6) is 0 Å². The summed E-state index contributed by atoms with van der Waals surface area (Å²) in [5.41, 5.74) is 1.44. The lowest BCUT2D eigenvalue weighted by Crippen LogP contribution is -2.27. The maximum atomic E-state index is 13.6. The van der Waals surface area contributed by atoms with E-state index in [1.54, 1.807) is 38.1 Å². The first kappa shape index (κ1) is 14.5. The number of carbonyl (C=O) groups excluding carboxylic acids is 1. The fraction of sp³-hybridized carbons (Fsp3) is 0.200. The average Bonchev–Trinajstić information content (AvgIpc) is 2.38. The molecule has 0 aliphatic carbocycles. The Morgan fingerprint density at radius 2 is 2.10 bits per heavy atom. The van der Waals surface area contributed by atoms with Crippen LogP contribution in [0.4, 0.5) is 4.39 Å². The van der Waals surface area contributed by atoms with Gasteiger partial charge in [-0.2, -0.15) is 0 Å². The number of hydrogen-bond acceptors (Lipinski definition) is 2. The maximum Gasteiger partial charge on any atom is 0.254 e. The van der Waals surface area contributed by atoms with Gasteiger partial charge in [0.05, 0.1) is 16.6 Å². The second-order valence-electron chi connectivity index (χ2n) is 4.52. The number of aryl methyl sites for hydroxylation is 1. The van der Waals surface area contributed by atoms with E-state index in [1.807, 2.05) is 0 Å². The van der Waals surface area contributed by atoms with E-state index in [2.05, 4.69) is 10.3 Å². The number of rotatable bonds is 3. The number of aromatic nitrogens is 1. The Balaban J connectivity index is 2.17. The van der Waals surface area contributed by atoms with Gasteiger partial charge >= 0.3 is 0 Å². The molecular weight excluding hydrogens is 279 g/mol. The summed E-state index contributed by atoms with van der Waals surface area (Å²) in [4.78, 5) is 16.2. The number of halogens is 2. The second kappa shape index (κ2) is 6.01. The van der Waals surface area contributed by atoms with E-state index in [0.29, 0.717) is 10.6 Å². The lowest BCUT2D eigenvalue weighted by Gasteiger charge is -2.15. The lowest BCUT2D eigenvalue weighted by atomic mass is 10.1. The molecule has 1 aromatic heterocycles. The predicted octanol–water partition coefficient (Wildman–Crippen LogP) is 3.67. The molecule has 2 rings (SSSR count). The van der Waals surface area contributed by atoms with Crippen molar-refractivity contribution >= 4 is 17.5 Å². The normalized spacial score (nSPS) is 12.0. The number of pyridine rings is 1. The molecule has 0 saturated carbocycles. The third kappa shape index (κ3) is 3.14. The minimum atomic E-state index is -0.457. The molecule has 0 aliphatic heterocycles. The van der Waals surface area contributed by atoms with Gasteiger partial charge in [0.15, 0.2) is 0 Å². The topological polar surface area (TPSA) is 42.0 Å². The summed E-state index contributed by atoms with van der Waals surface area (Å²) in [5.74, 6) is -0.730. The lowest BCUT2D eigenvalue weighted by molar-refractivity contribution is 0.0939. The monoisotopic (exact) mass is 292 g/mol. The Hall–Kier alpha value is -1.94. The number of carbonyl (C=O) groups is 1. The molecule has 0 saturated heterocycles. The van der Waals surface area contributed by atoms with Gasteiger partial charge in [-0.05, 0) is 26.0 Å². The van der Waals surface area contributed by atoms with E-state index >= 15 is 0 Å². The molecule has 5 heteroatoms. The molecule has 0 aliphatic rings. The van der Waals surface area contributed by atoms with Crippen molar-refractivity contribution in [1.82, 2.24) is 10.3 Å². The van der Waals surface area contributed by atoms with Crippen LogP contribution in [0.1, 0.15) is 34.6 Å². The zero-order valence-corrected chi connectivity index (χ0v) is 11.9. The van der Waals surface area contributed by atoms with Crippen molar-refractivity contribution in [2.45, 2.75) is 19.9 Å². The van der Waals surface area contributed by atoms with Gasteiger partial charge in [-0.3, -0.25) is 9.78 Å². The minimum Gasteiger partial charge on any atom is -0.345 e. The van der Waals surface area contributed by atoms with Crippen LogP contribution in [0.3, 0.4) is 0 Å². The summed E-state index contributed by atoms with van der Waals surface area (Å²) in [6, 6.07) is 7.48. The quantitative estimate of drug-likeness (QED) is 0.938. The van der Waals surface area contributed by atoms with E-state index in [-0.39, 0.29) is 17.3 Å². The Labute approximate surface area is 121 Å². The van der Waals surface area contributed by atoms with Crippen molar-refractivity contribution in [2.75, 3.05) is 0 Å². The molecule has 0 bridgehead atoms. The molecule has 0 fully saturated rings. The van der Waals surface area contributed by atoms with Crippen molar-refractivity contribution in [1.29, 1.82) is 0 Å². The van der Waals surface area contributed by atoms with Crippen LogP contribution < -0.4 is 5.32 Å². The first-order chi connectivity index (χ1) is 9.49. The molecule has 104 valence electrons. The third-order valence-corrected chi connectivity index (χ3v) is 3.27. The molecule has 3 nitrogen and oxygen atoms in total. The highest BCUT2D eigenvalue weighted by molar-refractivity contribution is 6.33. The smallest absolute Gasteiger partial charge is 0.254 e. The van der Waals surface area contributed by atoms with Crippen LogP contribution in [-0.4, -0.2) is 10.9 Å². The highest BCUT2D eigenvalue weighted by Crippen LogP contribution is 2.19. The van der Waals surface area contributed by atoms with Crippen molar-refractivity contribution in [2.24, 2.45) is 0 Å². The molecule has 20 heavy (non-hydrogen) atoms. The molecule has 1 aromatic carbocycles. The first-order valence-electron chi connectivity index (χ1n) is 6.16. The predicted molar refractivity (Wildman–Crippen MR) is 76.3 cm³/mol. The third-order valence-electron chi connectivity index (χ3n) is 2.95. The molecule has 0 spiro atoms. The molecule has 1 unspecified atom stereocenters. The SMILES string of the molecule is Cc1cc(Cl)c(C(=O)NC(C)c2ccccc2F)cn1. The van der Waals surface area contributed by atoms with Gasteiger partial charge in [0.25, 0.3) is 5.91 Å². The van der Waals surface area contributed by atoms with Crippen molar-refractivity contribution < 1.29 is 9.18 Å². The van der Waals surface area contributed by atoms with Gasteiger partial charge in [-0.15, -0.1) is 0 Å². The van der Waals surface area contributed by atoms with E-state index in [4.69, 9.17) is 11.6 Å². The van der Waals surface area contributed by atoms with Gasteiger partial charge in [0.2, 0.25) is 0 Å². The second-order valence-corrected chi connectivity index (χ2v) is 4.93. The fourth-order valence-corrected chi connectivity index (χ4v) is 2.16. The van der Waals surface area contributed by atoms with Gasteiger partial charge in [-0.1, -0.05) is 29.8 Å². The van der Waals surface area contributed by atoms with Crippen LogP contribution in [0.15, 0.2) is 36.5 Å². The summed E-state index contributed by atoms with van der Waals surface area (Å²) in [6.07, 6.45) is 1.42. The molecule has 1 atom stereocenters. The van der Waals surface area contributed by atoms with Crippen molar-refractivity contribution in [3.05, 3.63) is 64.2 Å². The van der Waals surface area contributed by atoms with Crippen molar-refractivity contribution in [3.63, 3.8) is 0 Å². The standard InChI is InChI=1S/C15H14ClFN2O/c1-9-7-13(16)12(8-18-9)15(20)19-10(2)11-5-3-4-6-14(11)17/h3-8,10H,1-2H3,(H,19,20). The minimum absolute atomic E-state index is 0.278. The number of nitrogens with zero attached hydrogens (tertiary/aromatic N) is 1. The maximum absolute atomic E-state index is 13.6. The number of benzene rings is 1. The number of hydrogen-bond donors (Lipinski definition) is 1. The molecule has 0 radical (unpaired) electrons. The Bertz CT molecular complexity index is 646. The first-order valence-corrected chi connectivity index (χ1v) is 6.54. The van der Waals surface area contributed by atoms with E-state index < -0.39 is 6.04 Å². The van der Waals surface area contributed by atoms with Gasteiger partial charge in [0, 0.05) is 17.5 Å². The number of amides is 1. The zero-order valence-electron chi connectivity index (χ0n) is 11.2. The molecule has 1 amide bonds. The molecule has 1 N–H and O–H groups in total. The highest BCUT2D eigenvalue weighted by atomic mass is 35.5. The van der Waals surface area contributed by atoms with Crippen LogP contribution in [0.2, 0.25) is 5.02 Å². The van der Waals surface area contributed by atoms with E-state index in [0.717, 1.165) is 5.69 Å². The fourth-order valence-electron chi connectivity index (χ4n) is 1.87. The zero-order chi connectivity index (χ0) is 14.7. The largest absolute Gasteiger partial charge is 0.345 e. The van der Waals surface area contributed by atoms with Crippen LogP contribution in [-0.2, 0) is 0 Å². The van der Waals surface area contributed by atoms with Gasteiger partial charge in [-0.25, -0.2) is 4.39 Å². The summed E-state index contributed by atoms with van der Waals surface area (Å²) in [6.45, 7) is 3.50. The Morgan fingerprint density at radius 1 is 1.40 bits per heavy atom. The van der Waals surface area contributed by atoms with Crippen LogP contribution >= 0.6 is 11.6 Å². The highest BCUT2D eigenvalue weighted by Gasteiger charge is 2.16. The summed E-state index contributed by atoms with van der Waals surface area (Å²) < 4.78 is 13.6. The van der Waals surface area contributed by atoms with Crippen LogP contribution in [0, 0.1) is 12.7 Å². The van der Waals surface area contributed by atoms with E-state index in [1.165, 1.54) is 12.3 Å². The van der Waals surface area contributed by atoms with Gasteiger partial charge in [0.1, 0.15) is 5.82 Å². The average molecular weight is 293 g/mol. The number of nitrogens with one attached hydrogen (secondary N) is 1. The summed E-state index contributed by atoms with van der Waals surface area (Å²) in [5, 5.41) is 3.04. The van der Waals surface area contributed by atoms with Gasteiger partial charge < -0.3 is 5.32 Å². The Kier molecular flexibility index (Phi) is 4.35. The molecule has 2 aromatic rings. The van der Waals surface area contributed by atoms with E-state index in [9.17, 15) is 9.18 Å². The molecular formula is C15H14ClFN2O. The van der Waals surface area contributed by atoms with Crippen molar-refractivity contribution in [3.8, 4) is 0 Å². The summed E-state index contributed by atoms with van der Waals surface area (Å²) in [7, 11) is 0. The Morgan fingerprint density at radius 3 is 2.75 bits per heavy atom. The van der Waals surface area contributed by atoms with Crippen LogP contribution in [0.25, 0.3) is 0 Å². The summed E-state index contributed by atoms with van der Waals surface area (Å²) >= 11 is 6.01. The molecule has 1 heterocycles.